The van der Waals surface area contributed by atoms with Crippen LogP contribution < -0.4 is 10.1 Å². The van der Waals surface area contributed by atoms with Crippen LogP contribution in [0.3, 0.4) is 0 Å². The Bertz CT molecular complexity index is 920. The van der Waals surface area contributed by atoms with Gasteiger partial charge in [-0.2, -0.15) is 0 Å². The number of benzene rings is 2. The molecule has 1 aliphatic heterocycles. The molecule has 0 spiro atoms. The first-order valence-electron chi connectivity index (χ1n) is 8.79. The van der Waals surface area contributed by atoms with E-state index in [1.807, 2.05) is 13.0 Å². The third-order valence-corrected chi connectivity index (χ3v) is 5.69. The third-order valence-electron chi connectivity index (χ3n) is 5.69. The number of hydrogen-bond donors (Lipinski definition) is 2. The van der Waals surface area contributed by atoms with Gasteiger partial charge in [-0.3, -0.25) is 9.59 Å². The maximum Gasteiger partial charge on any atom is 0.261 e. The van der Waals surface area contributed by atoms with Crippen molar-refractivity contribution >= 4 is 17.4 Å². The number of ketones is 1. The van der Waals surface area contributed by atoms with Gasteiger partial charge in [0.1, 0.15) is 5.75 Å². The summed E-state index contributed by atoms with van der Waals surface area (Å²) in [6.45, 7) is 1.96. The Morgan fingerprint density at radius 1 is 1.23 bits per heavy atom. The molecule has 4 rings (SSSR count). The highest BCUT2D eigenvalue weighted by Gasteiger charge is 2.48. The lowest BCUT2D eigenvalue weighted by Gasteiger charge is -2.30. The van der Waals surface area contributed by atoms with Gasteiger partial charge in [-0.25, -0.2) is 0 Å². The van der Waals surface area contributed by atoms with Gasteiger partial charge in [-0.15, -0.1) is 0 Å². The number of hydrogen-bond acceptors (Lipinski definition) is 4. The predicted molar refractivity (Wildman–Crippen MR) is 97.5 cm³/mol. The van der Waals surface area contributed by atoms with Crippen LogP contribution in [0.15, 0.2) is 36.4 Å². The van der Waals surface area contributed by atoms with Gasteiger partial charge >= 0.3 is 0 Å². The molecular formula is C21H21NO4. The zero-order valence-electron chi connectivity index (χ0n) is 14.8. The van der Waals surface area contributed by atoms with Crippen molar-refractivity contribution in [1.29, 1.82) is 0 Å². The second-order valence-corrected chi connectivity index (χ2v) is 7.08. The van der Waals surface area contributed by atoms with E-state index in [0.29, 0.717) is 23.2 Å². The Kier molecular flexibility index (Phi) is 3.84. The van der Waals surface area contributed by atoms with Gasteiger partial charge in [0, 0.05) is 22.7 Å². The molecule has 5 nitrogen and oxygen atoms in total. The molecule has 1 heterocycles. The normalized spacial score (nSPS) is 24.0. The van der Waals surface area contributed by atoms with Crippen molar-refractivity contribution < 1.29 is 19.4 Å². The highest BCUT2D eigenvalue weighted by Crippen LogP contribution is 2.43. The molecule has 2 aromatic rings. The summed E-state index contributed by atoms with van der Waals surface area (Å²) in [6.07, 6.45) is 1.44. The fourth-order valence-electron chi connectivity index (χ4n) is 4.23. The summed E-state index contributed by atoms with van der Waals surface area (Å²) < 4.78 is 5.35. The van der Waals surface area contributed by atoms with E-state index in [4.69, 9.17) is 4.74 Å². The summed E-state index contributed by atoms with van der Waals surface area (Å²) in [4.78, 5) is 25.5. The van der Waals surface area contributed by atoms with E-state index >= 15 is 0 Å². The van der Waals surface area contributed by atoms with Crippen LogP contribution in [0.1, 0.15) is 39.9 Å². The number of amides is 1. The fourth-order valence-corrected chi connectivity index (χ4v) is 4.23. The number of methoxy groups -OCH3 is 1. The van der Waals surface area contributed by atoms with E-state index in [2.05, 4.69) is 5.32 Å². The number of carbonyl (C=O) groups excluding carboxylic acids is 2. The first-order chi connectivity index (χ1) is 12.5. The number of rotatable bonds is 3. The Hall–Kier alpha value is -2.66. The molecule has 2 N–H and O–H groups in total. The molecular weight excluding hydrogens is 330 g/mol. The van der Waals surface area contributed by atoms with Gasteiger partial charge in [-0.1, -0.05) is 18.2 Å². The number of ether oxygens (including phenoxy) is 1. The average Bonchev–Trinajstić information content (AvgIpc) is 2.89. The Labute approximate surface area is 152 Å². The molecule has 26 heavy (non-hydrogen) atoms. The van der Waals surface area contributed by atoms with Crippen LogP contribution in [-0.4, -0.2) is 23.9 Å². The smallest absolute Gasteiger partial charge is 0.261 e. The lowest BCUT2D eigenvalue weighted by molar-refractivity contribution is -0.135. The zero-order valence-corrected chi connectivity index (χ0v) is 14.8. The second-order valence-electron chi connectivity index (χ2n) is 7.08. The first kappa shape index (κ1) is 16.8. The van der Waals surface area contributed by atoms with Crippen molar-refractivity contribution in [3.63, 3.8) is 0 Å². The van der Waals surface area contributed by atoms with Crippen molar-refractivity contribution in [2.45, 2.75) is 31.8 Å². The minimum absolute atomic E-state index is 0.0115. The monoisotopic (exact) mass is 351 g/mol. The topological polar surface area (TPSA) is 75.6 Å². The van der Waals surface area contributed by atoms with E-state index in [1.54, 1.807) is 37.4 Å². The van der Waals surface area contributed by atoms with Gasteiger partial charge in [0.25, 0.3) is 5.91 Å². The minimum Gasteiger partial charge on any atom is -0.496 e. The largest absolute Gasteiger partial charge is 0.496 e. The minimum atomic E-state index is -1.66. The number of carbonyl (C=O) groups is 2. The first-order valence-corrected chi connectivity index (χ1v) is 8.79. The number of fused-ring (bicyclic) bond motifs is 2. The standard InChI is InChI=1S/C21H21NO4/c1-12-14-8-7-13(19(23)15(14)9-10-18(12)26-2)11-21(25)16-5-3-4-6-17(16)22-20(21)24/h3-6,9-10,13,25H,7-8,11H2,1-2H3,(H,22,24)/t13-,21+/m0/s1. The molecule has 2 aromatic carbocycles. The number of para-hydroxylation sites is 1. The average molecular weight is 351 g/mol. The van der Waals surface area contributed by atoms with Gasteiger partial charge < -0.3 is 15.2 Å². The SMILES string of the molecule is COc1ccc2c(c1C)CC[C@@H](C[C@]1(O)C(=O)Nc3ccccc31)C2=O. The highest BCUT2D eigenvalue weighted by molar-refractivity contribution is 6.06. The van der Waals surface area contributed by atoms with E-state index in [-0.39, 0.29) is 12.2 Å². The van der Waals surface area contributed by atoms with Crippen molar-refractivity contribution in [2.75, 3.05) is 12.4 Å². The number of aliphatic hydroxyl groups is 1. The van der Waals surface area contributed by atoms with Gasteiger partial charge in [0.05, 0.1) is 7.11 Å². The lowest BCUT2D eigenvalue weighted by Crippen LogP contribution is -2.39. The van der Waals surface area contributed by atoms with E-state index in [9.17, 15) is 14.7 Å². The lowest BCUT2D eigenvalue weighted by atomic mass is 9.74. The van der Waals surface area contributed by atoms with Crippen LogP contribution in [-0.2, 0) is 16.8 Å². The molecule has 2 atom stereocenters. The van der Waals surface area contributed by atoms with E-state index < -0.39 is 17.4 Å². The molecule has 1 amide bonds. The van der Waals surface area contributed by atoms with Crippen LogP contribution in [0.4, 0.5) is 5.69 Å². The third kappa shape index (κ3) is 2.35. The van der Waals surface area contributed by atoms with Crippen LogP contribution >= 0.6 is 0 Å². The zero-order chi connectivity index (χ0) is 18.5. The van der Waals surface area contributed by atoms with Crippen molar-refractivity contribution in [2.24, 2.45) is 5.92 Å². The van der Waals surface area contributed by atoms with Crippen LogP contribution in [0.5, 0.6) is 5.75 Å². The van der Waals surface area contributed by atoms with Gasteiger partial charge in [0.2, 0.25) is 0 Å². The fraction of sp³-hybridized carbons (Fsp3) is 0.333. The molecule has 1 aliphatic carbocycles. The van der Waals surface area contributed by atoms with E-state index in [0.717, 1.165) is 23.3 Å². The summed E-state index contributed by atoms with van der Waals surface area (Å²) in [5.74, 6) is -0.0826. The molecule has 0 saturated carbocycles. The summed E-state index contributed by atoms with van der Waals surface area (Å²) >= 11 is 0. The summed E-state index contributed by atoms with van der Waals surface area (Å²) in [7, 11) is 1.62. The Balaban J connectivity index is 1.66. The molecule has 0 fully saturated rings. The summed E-state index contributed by atoms with van der Waals surface area (Å²) in [5, 5.41) is 13.8. The molecule has 0 unspecified atom stereocenters. The van der Waals surface area contributed by atoms with Crippen LogP contribution in [0, 0.1) is 12.8 Å². The maximum atomic E-state index is 13.0. The quantitative estimate of drug-likeness (QED) is 0.891. The molecule has 0 aromatic heterocycles. The summed E-state index contributed by atoms with van der Waals surface area (Å²) in [6, 6.07) is 10.7. The highest BCUT2D eigenvalue weighted by atomic mass is 16.5. The van der Waals surface area contributed by atoms with Crippen molar-refractivity contribution in [3.05, 3.63) is 58.7 Å². The number of Topliss-reactive ketones (excluding diaryl/α,β-unsaturated/α-hetero) is 1. The molecule has 0 bridgehead atoms. The predicted octanol–water partition coefficient (Wildman–Crippen LogP) is 2.98. The Morgan fingerprint density at radius 3 is 2.77 bits per heavy atom. The maximum absolute atomic E-state index is 13.0. The van der Waals surface area contributed by atoms with Gasteiger partial charge in [-0.05, 0) is 55.5 Å². The van der Waals surface area contributed by atoms with E-state index in [1.165, 1.54) is 0 Å². The van der Waals surface area contributed by atoms with Gasteiger partial charge in [0.15, 0.2) is 11.4 Å². The van der Waals surface area contributed by atoms with Crippen molar-refractivity contribution in [1.82, 2.24) is 0 Å². The molecule has 134 valence electrons. The van der Waals surface area contributed by atoms with Crippen molar-refractivity contribution in [3.8, 4) is 5.75 Å². The number of nitrogens with one attached hydrogen (secondary N) is 1. The second kappa shape index (κ2) is 5.95. The Morgan fingerprint density at radius 2 is 2.00 bits per heavy atom. The molecule has 5 heteroatoms. The molecule has 0 saturated heterocycles. The molecule has 0 radical (unpaired) electrons. The number of anilines is 1. The van der Waals surface area contributed by atoms with Crippen LogP contribution in [0.2, 0.25) is 0 Å². The molecule has 2 aliphatic rings. The summed E-state index contributed by atoms with van der Waals surface area (Å²) in [5.41, 5.74) is 2.18. The van der Waals surface area contributed by atoms with Crippen LogP contribution in [0.25, 0.3) is 0 Å².